The molecule has 116 valence electrons. The summed E-state index contributed by atoms with van der Waals surface area (Å²) in [6, 6.07) is 9.09. The van der Waals surface area contributed by atoms with E-state index >= 15 is 0 Å². The van der Waals surface area contributed by atoms with E-state index in [0.29, 0.717) is 6.04 Å². The van der Waals surface area contributed by atoms with Crippen LogP contribution in [0.1, 0.15) is 50.5 Å². The van der Waals surface area contributed by atoms with Gasteiger partial charge in [-0.25, -0.2) is 0 Å². The molecule has 3 rings (SSSR count). The second-order valence-corrected chi connectivity index (χ2v) is 7.90. The normalized spacial score (nSPS) is 30.7. The molecule has 2 aliphatic rings. The van der Waals surface area contributed by atoms with Crippen LogP contribution in [0.5, 0.6) is 0 Å². The van der Waals surface area contributed by atoms with E-state index in [2.05, 4.69) is 45.6 Å². The first-order chi connectivity index (χ1) is 10.3. The number of hydrogen-bond acceptors (Lipinski definition) is 2. The summed E-state index contributed by atoms with van der Waals surface area (Å²) in [6.07, 6.45) is 11.1. The summed E-state index contributed by atoms with van der Waals surface area (Å²) >= 11 is 3.50. The Morgan fingerprint density at radius 1 is 1.05 bits per heavy atom. The fraction of sp³-hybridized carbons (Fsp3) is 0.667. The maximum Gasteiger partial charge on any atom is 0.0279 e. The number of halogens is 1. The van der Waals surface area contributed by atoms with Crippen molar-refractivity contribution in [3.8, 4) is 0 Å². The van der Waals surface area contributed by atoms with Crippen LogP contribution in [-0.4, -0.2) is 6.04 Å². The number of benzene rings is 1. The third-order valence-corrected chi connectivity index (χ3v) is 6.26. The van der Waals surface area contributed by atoms with E-state index in [1.165, 1.54) is 50.5 Å². The van der Waals surface area contributed by atoms with Crippen molar-refractivity contribution in [2.75, 3.05) is 0 Å². The highest BCUT2D eigenvalue weighted by atomic mass is 79.9. The number of nitrogens with two attached hydrogens (primary N) is 1. The molecule has 0 heterocycles. The van der Waals surface area contributed by atoms with Gasteiger partial charge in [-0.2, -0.15) is 0 Å². The summed E-state index contributed by atoms with van der Waals surface area (Å²) in [5.74, 6) is 8.62. The molecule has 0 spiro atoms. The Hall–Kier alpha value is -0.380. The highest BCUT2D eigenvalue weighted by molar-refractivity contribution is 9.10. The molecule has 3 N–H and O–H groups in total. The summed E-state index contributed by atoms with van der Waals surface area (Å²) in [7, 11) is 0. The minimum absolute atomic E-state index is 0.425. The maximum atomic E-state index is 5.89. The van der Waals surface area contributed by atoms with Crippen molar-refractivity contribution in [3.63, 3.8) is 0 Å². The van der Waals surface area contributed by atoms with Gasteiger partial charge in [0.1, 0.15) is 0 Å². The van der Waals surface area contributed by atoms with E-state index in [1.54, 1.807) is 0 Å². The van der Waals surface area contributed by atoms with Gasteiger partial charge in [-0.15, -0.1) is 0 Å². The van der Waals surface area contributed by atoms with E-state index in [0.717, 1.165) is 28.6 Å². The van der Waals surface area contributed by atoms with Gasteiger partial charge >= 0.3 is 0 Å². The van der Waals surface area contributed by atoms with Crippen molar-refractivity contribution in [2.24, 2.45) is 23.6 Å². The lowest BCUT2D eigenvalue weighted by Gasteiger charge is -2.42. The van der Waals surface area contributed by atoms with E-state index in [1.807, 2.05) is 0 Å². The van der Waals surface area contributed by atoms with Gasteiger partial charge in [0.15, 0.2) is 0 Å². The zero-order chi connectivity index (χ0) is 14.7. The third kappa shape index (κ3) is 3.88. The lowest BCUT2D eigenvalue weighted by atomic mass is 9.65. The Kier molecular flexibility index (Phi) is 5.36. The quantitative estimate of drug-likeness (QED) is 0.622. The van der Waals surface area contributed by atoms with Gasteiger partial charge in [0, 0.05) is 10.5 Å². The van der Waals surface area contributed by atoms with Gasteiger partial charge in [-0.1, -0.05) is 53.7 Å². The topological polar surface area (TPSA) is 38.0 Å². The van der Waals surface area contributed by atoms with Crippen LogP contribution >= 0.6 is 15.9 Å². The van der Waals surface area contributed by atoms with Crippen molar-refractivity contribution >= 4 is 15.9 Å². The predicted octanol–water partition coefficient (Wildman–Crippen LogP) is 4.43. The fourth-order valence-electron chi connectivity index (χ4n) is 4.51. The van der Waals surface area contributed by atoms with Crippen LogP contribution in [0.2, 0.25) is 0 Å². The standard InChI is InChI=1S/C18H27BrN2/c19-17-9-5-13(6-10-17)11-18(21-20)16-8-7-14-3-1-2-4-15(14)12-16/h5-6,9-10,14-16,18,21H,1-4,7-8,11-12,20H2. The van der Waals surface area contributed by atoms with Crippen molar-refractivity contribution in [1.82, 2.24) is 5.43 Å². The first-order valence-corrected chi connectivity index (χ1v) is 9.26. The molecule has 0 bridgehead atoms. The average Bonchev–Trinajstić information content (AvgIpc) is 2.54. The molecule has 0 amide bonds. The summed E-state index contributed by atoms with van der Waals surface area (Å²) in [6.45, 7) is 0. The highest BCUT2D eigenvalue weighted by Gasteiger charge is 2.35. The minimum atomic E-state index is 0.425. The summed E-state index contributed by atoms with van der Waals surface area (Å²) in [5.41, 5.74) is 4.50. The Balaban J connectivity index is 1.61. The lowest BCUT2D eigenvalue weighted by Crippen LogP contribution is -2.45. The van der Waals surface area contributed by atoms with Gasteiger partial charge in [-0.3, -0.25) is 11.3 Å². The summed E-state index contributed by atoms with van der Waals surface area (Å²) in [4.78, 5) is 0. The molecule has 2 saturated carbocycles. The van der Waals surface area contributed by atoms with E-state index in [4.69, 9.17) is 5.84 Å². The molecule has 3 heteroatoms. The predicted molar refractivity (Wildman–Crippen MR) is 91.7 cm³/mol. The molecule has 2 nitrogen and oxygen atoms in total. The summed E-state index contributed by atoms with van der Waals surface area (Å²) in [5, 5.41) is 0. The Labute approximate surface area is 137 Å². The lowest BCUT2D eigenvalue weighted by molar-refractivity contribution is 0.109. The first-order valence-electron chi connectivity index (χ1n) is 8.47. The Morgan fingerprint density at radius 2 is 1.76 bits per heavy atom. The van der Waals surface area contributed by atoms with Gasteiger partial charge in [0.2, 0.25) is 0 Å². The molecule has 21 heavy (non-hydrogen) atoms. The van der Waals surface area contributed by atoms with Crippen molar-refractivity contribution in [2.45, 2.75) is 57.4 Å². The zero-order valence-electron chi connectivity index (χ0n) is 12.7. The number of hydrogen-bond donors (Lipinski definition) is 2. The Morgan fingerprint density at radius 3 is 2.48 bits per heavy atom. The van der Waals surface area contributed by atoms with Gasteiger partial charge in [0.05, 0.1) is 0 Å². The smallest absolute Gasteiger partial charge is 0.0279 e. The monoisotopic (exact) mass is 350 g/mol. The SMILES string of the molecule is NNC(Cc1ccc(Br)cc1)C1CCC2CCCCC2C1. The van der Waals surface area contributed by atoms with Crippen LogP contribution in [0.3, 0.4) is 0 Å². The highest BCUT2D eigenvalue weighted by Crippen LogP contribution is 2.43. The van der Waals surface area contributed by atoms with Crippen molar-refractivity contribution < 1.29 is 0 Å². The maximum absolute atomic E-state index is 5.89. The van der Waals surface area contributed by atoms with E-state index < -0.39 is 0 Å². The molecule has 0 aromatic heterocycles. The molecule has 4 atom stereocenters. The van der Waals surface area contributed by atoms with Crippen LogP contribution in [-0.2, 0) is 6.42 Å². The molecule has 0 aliphatic heterocycles. The van der Waals surface area contributed by atoms with Gasteiger partial charge in [-0.05, 0) is 61.1 Å². The van der Waals surface area contributed by atoms with Crippen LogP contribution in [0, 0.1) is 17.8 Å². The molecule has 4 unspecified atom stereocenters. The van der Waals surface area contributed by atoms with E-state index in [-0.39, 0.29) is 0 Å². The second kappa shape index (κ2) is 7.26. The fourth-order valence-corrected chi connectivity index (χ4v) is 4.78. The second-order valence-electron chi connectivity index (χ2n) is 6.98. The van der Waals surface area contributed by atoms with Crippen molar-refractivity contribution in [1.29, 1.82) is 0 Å². The third-order valence-electron chi connectivity index (χ3n) is 5.73. The largest absolute Gasteiger partial charge is 0.271 e. The zero-order valence-corrected chi connectivity index (χ0v) is 14.3. The molecule has 0 radical (unpaired) electrons. The number of fused-ring (bicyclic) bond motifs is 1. The van der Waals surface area contributed by atoms with Crippen LogP contribution in [0.15, 0.2) is 28.7 Å². The number of hydrazine groups is 1. The molecule has 1 aromatic rings. The molecule has 0 saturated heterocycles. The average molecular weight is 351 g/mol. The molecule has 2 fully saturated rings. The molecular weight excluding hydrogens is 324 g/mol. The van der Waals surface area contributed by atoms with Crippen LogP contribution in [0.4, 0.5) is 0 Å². The van der Waals surface area contributed by atoms with Crippen LogP contribution < -0.4 is 11.3 Å². The number of nitrogens with one attached hydrogen (secondary N) is 1. The van der Waals surface area contributed by atoms with Gasteiger partial charge in [0.25, 0.3) is 0 Å². The molecular formula is C18H27BrN2. The minimum Gasteiger partial charge on any atom is -0.271 e. The molecule has 2 aliphatic carbocycles. The van der Waals surface area contributed by atoms with E-state index in [9.17, 15) is 0 Å². The van der Waals surface area contributed by atoms with Crippen LogP contribution in [0.25, 0.3) is 0 Å². The van der Waals surface area contributed by atoms with Gasteiger partial charge < -0.3 is 0 Å². The summed E-state index contributed by atoms with van der Waals surface area (Å²) < 4.78 is 1.14. The molecule has 1 aromatic carbocycles. The van der Waals surface area contributed by atoms with Crippen molar-refractivity contribution in [3.05, 3.63) is 34.3 Å². The first kappa shape index (κ1) is 15.5. The number of rotatable bonds is 4. The Bertz CT molecular complexity index is 445.